The van der Waals surface area contributed by atoms with Gasteiger partial charge >= 0.3 is 0 Å². The summed E-state index contributed by atoms with van der Waals surface area (Å²) in [5.41, 5.74) is 3.46. The molecule has 0 N–H and O–H groups in total. The molecule has 2 aromatic carbocycles. The number of carbonyl (C=O) groups is 1. The lowest BCUT2D eigenvalue weighted by Gasteiger charge is -2.40. The molecular weight excluding hydrogens is 387 g/mol. The quantitative estimate of drug-likeness (QED) is 0.461. The van der Waals surface area contributed by atoms with Crippen molar-refractivity contribution in [3.8, 4) is 0 Å². The Hall–Kier alpha value is -1.83. The average molecular weight is 413 g/mol. The Labute approximate surface area is 178 Å². The van der Waals surface area contributed by atoms with Gasteiger partial charge in [-0.25, -0.2) is 0 Å². The van der Waals surface area contributed by atoms with Gasteiger partial charge in [0, 0.05) is 21.2 Å². The van der Waals surface area contributed by atoms with E-state index in [0.29, 0.717) is 16.0 Å². The lowest BCUT2D eigenvalue weighted by atomic mass is 9.63. The number of Topliss-reactive ketones (excluding diaryl/α,β-unsaturated/α-hetero) is 1. The van der Waals surface area contributed by atoms with E-state index in [1.807, 2.05) is 60.7 Å². The minimum atomic E-state index is 0.0687. The molecule has 0 heterocycles. The molecule has 146 valence electrons. The van der Waals surface area contributed by atoms with Crippen molar-refractivity contribution in [1.82, 2.24) is 0 Å². The molecular formula is C25H26Cl2O. The van der Waals surface area contributed by atoms with Crippen LogP contribution in [0.5, 0.6) is 0 Å². The van der Waals surface area contributed by atoms with E-state index in [2.05, 4.69) is 27.7 Å². The SMILES string of the molecule is CC1/C(=C\c2ccccc2Cl)C(=O)/C(=C/c2ccccc2Cl)CC1C(C)(C)C. The molecule has 2 unspecified atom stereocenters. The highest BCUT2D eigenvalue weighted by Crippen LogP contribution is 2.46. The zero-order valence-corrected chi connectivity index (χ0v) is 18.3. The van der Waals surface area contributed by atoms with Crippen LogP contribution in [0.2, 0.25) is 10.0 Å². The van der Waals surface area contributed by atoms with E-state index in [4.69, 9.17) is 23.2 Å². The number of benzene rings is 2. The monoisotopic (exact) mass is 412 g/mol. The van der Waals surface area contributed by atoms with E-state index in [-0.39, 0.29) is 17.1 Å². The molecule has 2 aromatic rings. The largest absolute Gasteiger partial charge is 0.289 e. The summed E-state index contributed by atoms with van der Waals surface area (Å²) in [6.07, 6.45) is 4.66. The molecule has 0 spiro atoms. The molecule has 1 aliphatic carbocycles. The Morgan fingerprint density at radius 3 is 1.89 bits per heavy atom. The van der Waals surface area contributed by atoms with E-state index in [1.54, 1.807) is 0 Å². The van der Waals surface area contributed by atoms with E-state index in [1.165, 1.54) is 0 Å². The number of hydrogen-bond donors (Lipinski definition) is 0. The van der Waals surface area contributed by atoms with E-state index < -0.39 is 0 Å². The fourth-order valence-corrected chi connectivity index (χ4v) is 4.41. The Morgan fingerprint density at radius 2 is 1.39 bits per heavy atom. The predicted octanol–water partition coefficient (Wildman–Crippen LogP) is 7.73. The van der Waals surface area contributed by atoms with Gasteiger partial charge in [0.1, 0.15) is 0 Å². The molecule has 0 aromatic heterocycles. The first-order valence-electron chi connectivity index (χ1n) is 9.64. The van der Waals surface area contributed by atoms with Crippen LogP contribution >= 0.6 is 23.2 Å². The van der Waals surface area contributed by atoms with Crippen LogP contribution in [0.15, 0.2) is 59.7 Å². The molecule has 0 saturated heterocycles. The van der Waals surface area contributed by atoms with Gasteiger partial charge in [-0.3, -0.25) is 4.79 Å². The smallest absolute Gasteiger partial charge is 0.185 e. The van der Waals surface area contributed by atoms with Gasteiger partial charge in [0.2, 0.25) is 0 Å². The Balaban J connectivity index is 2.12. The van der Waals surface area contributed by atoms with Crippen LogP contribution in [0.4, 0.5) is 0 Å². The maximum Gasteiger partial charge on any atom is 0.185 e. The Bertz CT molecular complexity index is 947. The summed E-state index contributed by atoms with van der Waals surface area (Å²) in [4.78, 5) is 13.4. The fourth-order valence-electron chi connectivity index (χ4n) is 4.03. The van der Waals surface area contributed by atoms with Gasteiger partial charge in [-0.2, -0.15) is 0 Å². The standard InChI is InChI=1S/C25H26Cl2O/c1-16-20(14-18-10-6-8-12-23(18)27)24(28)19(15-21(16)25(2,3)4)13-17-9-5-7-11-22(17)26/h5-14,16,21H,15H2,1-4H3/b19-13+,20-14+. The first-order chi connectivity index (χ1) is 13.2. The molecule has 2 atom stereocenters. The van der Waals surface area contributed by atoms with Gasteiger partial charge < -0.3 is 0 Å². The molecule has 0 amide bonds. The number of carbonyl (C=O) groups excluding carboxylic acids is 1. The first kappa shape index (κ1) is 20.9. The second-order valence-corrected chi connectivity index (χ2v) is 9.42. The summed E-state index contributed by atoms with van der Waals surface area (Å²) < 4.78 is 0. The van der Waals surface area contributed by atoms with Crippen molar-refractivity contribution in [2.45, 2.75) is 34.1 Å². The van der Waals surface area contributed by atoms with Crippen LogP contribution < -0.4 is 0 Å². The van der Waals surface area contributed by atoms with Crippen molar-refractivity contribution in [2.24, 2.45) is 17.3 Å². The molecule has 28 heavy (non-hydrogen) atoms. The number of ketones is 1. The minimum Gasteiger partial charge on any atom is -0.289 e. The topological polar surface area (TPSA) is 17.1 Å². The lowest BCUT2D eigenvalue weighted by Crippen LogP contribution is -2.35. The van der Waals surface area contributed by atoms with Gasteiger partial charge in [-0.15, -0.1) is 0 Å². The van der Waals surface area contributed by atoms with E-state index in [9.17, 15) is 4.79 Å². The maximum atomic E-state index is 13.4. The zero-order valence-electron chi connectivity index (χ0n) is 16.8. The van der Waals surface area contributed by atoms with Crippen LogP contribution in [-0.2, 0) is 4.79 Å². The summed E-state index contributed by atoms with van der Waals surface area (Å²) in [7, 11) is 0. The van der Waals surface area contributed by atoms with Crippen LogP contribution in [0.25, 0.3) is 12.2 Å². The third-order valence-electron chi connectivity index (χ3n) is 5.65. The number of allylic oxidation sites excluding steroid dienone is 2. The van der Waals surface area contributed by atoms with E-state index in [0.717, 1.165) is 28.7 Å². The molecule has 0 bridgehead atoms. The molecule has 1 nitrogen and oxygen atoms in total. The minimum absolute atomic E-state index is 0.0687. The van der Waals surface area contributed by atoms with E-state index >= 15 is 0 Å². The lowest BCUT2D eigenvalue weighted by molar-refractivity contribution is -0.114. The summed E-state index contributed by atoms with van der Waals surface area (Å²) in [5, 5.41) is 1.31. The molecule has 3 heteroatoms. The zero-order chi connectivity index (χ0) is 20.5. The van der Waals surface area contributed by atoms with Crippen LogP contribution in [0.3, 0.4) is 0 Å². The highest BCUT2D eigenvalue weighted by molar-refractivity contribution is 6.33. The summed E-state index contributed by atoms with van der Waals surface area (Å²) >= 11 is 12.7. The molecule has 1 saturated carbocycles. The number of halogens is 2. The summed E-state index contributed by atoms with van der Waals surface area (Å²) in [5.74, 6) is 0.577. The third kappa shape index (κ3) is 4.42. The van der Waals surface area contributed by atoms with Crippen LogP contribution in [-0.4, -0.2) is 5.78 Å². The molecule has 1 aliphatic rings. The first-order valence-corrected chi connectivity index (χ1v) is 10.4. The van der Waals surface area contributed by atoms with Gasteiger partial charge in [0.05, 0.1) is 0 Å². The van der Waals surface area contributed by atoms with Crippen molar-refractivity contribution in [1.29, 1.82) is 0 Å². The van der Waals surface area contributed by atoms with Crippen LogP contribution in [0, 0.1) is 17.3 Å². The molecule has 3 rings (SSSR count). The molecule has 1 fully saturated rings. The maximum absolute atomic E-state index is 13.4. The van der Waals surface area contributed by atoms with Crippen molar-refractivity contribution in [3.05, 3.63) is 80.8 Å². The highest BCUT2D eigenvalue weighted by atomic mass is 35.5. The average Bonchev–Trinajstić information content (AvgIpc) is 2.63. The fraction of sp³-hybridized carbons (Fsp3) is 0.320. The second kappa shape index (κ2) is 8.27. The van der Waals surface area contributed by atoms with Gasteiger partial charge in [-0.1, -0.05) is 87.3 Å². The van der Waals surface area contributed by atoms with Crippen LogP contribution in [0.1, 0.15) is 45.2 Å². The summed E-state index contributed by atoms with van der Waals surface area (Å²) in [6.45, 7) is 8.88. The van der Waals surface area contributed by atoms with Gasteiger partial charge in [0.25, 0.3) is 0 Å². The van der Waals surface area contributed by atoms with Crippen molar-refractivity contribution in [2.75, 3.05) is 0 Å². The van der Waals surface area contributed by atoms with Crippen molar-refractivity contribution < 1.29 is 4.79 Å². The Kier molecular flexibility index (Phi) is 6.17. The molecule has 0 aliphatic heterocycles. The van der Waals surface area contributed by atoms with Gasteiger partial charge in [0.15, 0.2) is 5.78 Å². The van der Waals surface area contributed by atoms with Crippen molar-refractivity contribution in [3.63, 3.8) is 0 Å². The number of rotatable bonds is 2. The third-order valence-corrected chi connectivity index (χ3v) is 6.34. The Morgan fingerprint density at radius 1 is 0.893 bits per heavy atom. The normalized spacial score (nSPS) is 23.4. The highest BCUT2D eigenvalue weighted by Gasteiger charge is 2.40. The molecule has 0 radical (unpaired) electrons. The van der Waals surface area contributed by atoms with Gasteiger partial charge in [-0.05, 0) is 59.1 Å². The van der Waals surface area contributed by atoms with Crippen molar-refractivity contribution >= 4 is 41.1 Å². The number of hydrogen-bond acceptors (Lipinski definition) is 1. The predicted molar refractivity (Wildman–Crippen MR) is 121 cm³/mol. The summed E-state index contributed by atoms with van der Waals surface area (Å²) in [6, 6.07) is 15.3. The second-order valence-electron chi connectivity index (χ2n) is 8.61.